The minimum absolute atomic E-state index is 0.349. The molecule has 0 spiro atoms. The molecular weight excluding hydrogens is 248 g/mol. The van der Waals surface area contributed by atoms with Gasteiger partial charge in [-0.2, -0.15) is 5.10 Å². The van der Waals surface area contributed by atoms with Gasteiger partial charge >= 0.3 is 0 Å². The molecule has 114 valence electrons. The zero-order valence-electron chi connectivity index (χ0n) is 13.4. The monoisotopic (exact) mass is 278 g/mol. The Morgan fingerprint density at radius 2 is 2.05 bits per heavy atom. The van der Waals surface area contributed by atoms with E-state index in [1.807, 2.05) is 4.68 Å². The second-order valence-electron chi connectivity index (χ2n) is 7.36. The molecule has 1 aromatic rings. The van der Waals surface area contributed by atoms with E-state index in [1.165, 1.54) is 25.7 Å². The predicted octanol–water partition coefficient (Wildman–Crippen LogP) is 3.05. The van der Waals surface area contributed by atoms with Gasteiger partial charge in [0.2, 0.25) is 0 Å². The number of rotatable bonds is 5. The maximum Gasteiger partial charge on any atom is 0.0640 e. The molecule has 1 heterocycles. The summed E-state index contributed by atoms with van der Waals surface area (Å²) in [5.41, 5.74) is 4.69. The lowest BCUT2D eigenvalue weighted by Gasteiger charge is -2.37. The first-order valence-electron chi connectivity index (χ1n) is 7.91. The number of hydrazine groups is 1. The first-order chi connectivity index (χ1) is 9.41. The van der Waals surface area contributed by atoms with Gasteiger partial charge in [0.05, 0.1) is 5.69 Å². The van der Waals surface area contributed by atoms with Crippen LogP contribution >= 0.6 is 0 Å². The van der Waals surface area contributed by atoms with Crippen LogP contribution in [-0.2, 0) is 6.42 Å². The fourth-order valence-corrected chi connectivity index (χ4v) is 3.18. The molecule has 1 aliphatic carbocycles. The molecule has 3 N–H and O–H groups in total. The lowest BCUT2D eigenvalue weighted by molar-refractivity contribution is 0.160. The molecule has 0 bridgehead atoms. The Kier molecular flexibility index (Phi) is 4.86. The van der Waals surface area contributed by atoms with Gasteiger partial charge in [0.25, 0.3) is 0 Å². The smallest absolute Gasteiger partial charge is 0.0640 e. The second-order valence-corrected chi connectivity index (χ2v) is 7.36. The Bertz CT molecular complexity index is 412. The highest BCUT2D eigenvalue weighted by molar-refractivity contribution is 5.03. The van der Waals surface area contributed by atoms with Crippen molar-refractivity contribution in [2.75, 3.05) is 0 Å². The highest BCUT2D eigenvalue weighted by atomic mass is 15.3. The highest BCUT2D eigenvalue weighted by Gasteiger charge is 2.31. The SMILES string of the molecule is CC(C)n1ccc(CC(NN)C2CCC(C)(C)CC2)n1. The third-order valence-corrected chi connectivity index (χ3v) is 4.79. The van der Waals surface area contributed by atoms with Gasteiger partial charge in [-0.1, -0.05) is 13.8 Å². The van der Waals surface area contributed by atoms with Crippen LogP contribution in [0.4, 0.5) is 0 Å². The summed E-state index contributed by atoms with van der Waals surface area (Å²) in [4.78, 5) is 0. The van der Waals surface area contributed by atoms with Crippen LogP contribution in [0, 0.1) is 11.3 Å². The van der Waals surface area contributed by atoms with E-state index in [1.54, 1.807) is 0 Å². The number of nitrogens with two attached hydrogens (primary N) is 1. The molecule has 20 heavy (non-hydrogen) atoms. The third kappa shape index (κ3) is 3.83. The van der Waals surface area contributed by atoms with Crippen molar-refractivity contribution < 1.29 is 0 Å². The zero-order valence-corrected chi connectivity index (χ0v) is 13.4. The fourth-order valence-electron chi connectivity index (χ4n) is 3.18. The molecule has 4 nitrogen and oxygen atoms in total. The first kappa shape index (κ1) is 15.5. The summed E-state index contributed by atoms with van der Waals surface area (Å²) in [6.07, 6.45) is 8.14. The Hall–Kier alpha value is -0.870. The quantitative estimate of drug-likeness (QED) is 0.643. The number of nitrogens with zero attached hydrogens (tertiary/aromatic N) is 2. The predicted molar refractivity (Wildman–Crippen MR) is 83.2 cm³/mol. The fraction of sp³-hybridized carbons (Fsp3) is 0.812. The maximum atomic E-state index is 5.80. The average molecular weight is 278 g/mol. The molecule has 1 aromatic heterocycles. The minimum atomic E-state index is 0.349. The van der Waals surface area contributed by atoms with Crippen molar-refractivity contribution in [2.45, 2.75) is 71.9 Å². The van der Waals surface area contributed by atoms with E-state index in [4.69, 9.17) is 5.84 Å². The summed E-state index contributed by atoms with van der Waals surface area (Å²) < 4.78 is 2.02. The van der Waals surface area contributed by atoms with E-state index in [9.17, 15) is 0 Å². The number of aromatic nitrogens is 2. The van der Waals surface area contributed by atoms with Crippen molar-refractivity contribution in [3.05, 3.63) is 18.0 Å². The summed E-state index contributed by atoms with van der Waals surface area (Å²) in [6, 6.07) is 2.89. The van der Waals surface area contributed by atoms with E-state index in [0.29, 0.717) is 23.4 Å². The number of nitrogens with one attached hydrogen (secondary N) is 1. The largest absolute Gasteiger partial charge is 0.271 e. The Balaban J connectivity index is 1.95. The van der Waals surface area contributed by atoms with Gasteiger partial charge in [-0.25, -0.2) is 0 Å². The maximum absolute atomic E-state index is 5.80. The van der Waals surface area contributed by atoms with E-state index < -0.39 is 0 Å². The summed E-state index contributed by atoms with van der Waals surface area (Å²) >= 11 is 0. The third-order valence-electron chi connectivity index (χ3n) is 4.79. The normalized spacial score (nSPS) is 21.3. The molecule has 1 atom stereocenters. The van der Waals surface area contributed by atoms with Crippen molar-refractivity contribution in [1.29, 1.82) is 0 Å². The van der Waals surface area contributed by atoms with Crippen LogP contribution in [0.5, 0.6) is 0 Å². The van der Waals surface area contributed by atoms with Gasteiger partial charge in [-0.05, 0) is 56.9 Å². The van der Waals surface area contributed by atoms with Gasteiger partial charge in [0, 0.05) is 24.7 Å². The van der Waals surface area contributed by atoms with Crippen LogP contribution in [0.25, 0.3) is 0 Å². The lowest BCUT2D eigenvalue weighted by atomic mass is 9.70. The molecule has 1 aliphatic rings. The zero-order chi connectivity index (χ0) is 14.8. The summed E-state index contributed by atoms with van der Waals surface area (Å²) in [6.45, 7) is 9.05. The van der Waals surface area contributed by atoms with Crippen molar-refractivity contribution in [1.82, 2.24) is 15.2 Å². The van der Waals surface area contributed by atoms with Crippen molar-refractivity contribution in [3.63, 3.8) is 0 Å². The van der Waals surface area contributed by atoms with Gasteiger partial charge in [0.15, 0.2) is 0 Å². The van der Waals surface area contributed by atoms with E-state index >= 15 is 0 Å². The lowest BCUT2D eigenvalue weighted by Crippen LogP contribution is -2.44. The molecule has 0 radical (unpaired) electrons. The van der Waals surface area contributed by atoms with Crippen LogP contribution in [-0.4, -0.2) is 15.8 Å². The van der Waals surface area contributed by atoms with Crippen LogP contribution in [0.1, 0.15) is 65.1 Å². The standard InChI is InChI=1S/C16H30N4/c1-12(2)20-10-7-14(19-20)11-15(18-17)13-5-8-16(3,4)9-6-13/h7,10,12-13,15,18H,5-6,8-9,11,17H2,1-4H3. The molecule has 1 unspecified atom stereocenters. The van der Waals surface area contributed by atoms with Crippen LogP contribution in [0.15, 0.2) is 12.3 Å². The summed E-state index contributed by atoms with van der Waals surface area (Å²) in [5, 5.41) is 4.64. The van der Waals surface area contributed by atoms with Gasteiger partial charge in [0.1, 0.15) is 0 Å². The van der Waals surface area contributed by atoms with Crippen LogP contribution < -0.4 is 11.3 Å². The topological polar surface area (TPSA) is 55.9 Å². The van der Waals surface area contributed by atoms with Crippen molar-refractivity contribution in [2.24, 2.45) is 17.2 Å². The summed E-state index contributed by atoms with van der Waals surface area (Å²) in [7, 11) is 0. The van der Waals surface area contributed by atoms with E-state index in [2.05, 4.69) is 50.5 Å². The van der Waals surface area contributed by atoms with Crippen molar-refractivity contribution >= 4 is 0 Å². The molecule has 0 aliphatic heterocycles. The molecule has 1 saturated carbocycles. The Morgan fingerprint density at radius 1 is 1.40 bits per heavy atom. The molecule has 0 saturated heterocycles. The molecule has 4 heteroatoms. The van der Waals surface area contributed by atoms with E-state index in [0.717, 1.165) is 12.1 Å². The van der Waals surface area contributed by atoms with Crippen LogP contribution in [0.2, 0.25) is 0 Å². The van der Waals surface area contributed by atoms with Gasteiger partial charge < -0.3 is 0 Å². The van der Waals surface area contributed by atoms with E-state index in [-0.39, 0.29) is 0 Å². The highest BCUT2D eigenvalue weighted by Crippen LogP contribution is 2.39. The molecule has 2 rings (SSSR count). The van der Waals surface area contributed by atoms with Crippen molar-refractivity contribution in [3.8, 4) is 0 Å². The van der Waals surface area contributed by atoms with Gasteiger partial charge in [-0.3, -0.25) is 16.0 Å². The Morgan fingerprint density at radius 3 is 2.55 bits per heavy atom. The molecule has 1 fully saturated rings. The molecule has 0 amide bonds. The minimum Gasteiger partial charge on any atom is -0.271 e. The molecule has 0 aromatic carbocycles. The van der Waals surface area contributed by atoms with Gasteiger partial charge in [-0.15, -0.1) is 0 Å². The van der Waals surface area contributed by atoms with Crippen LogP contribution in [0.3, 0.4) is 0 Å². The number of hydrogen-bond acceptors (Lipinski definition) is 3. The average Bonchev–Trinajstić information content (AvgIpc) is 2.85. The first-order valence-corrected chi connectivity index (χ1v) is 7.91. The Labute approximate surface area is 123 Å². The second kappa shape index (κ2) is 6.27. The molecular formula is C16H30N4. The number of hydrogen-bond donors (Lipinski definition) is 2. The summed E-state index contributed by atoms with van der Waals surface area (Å²) in [5.74, 6) is 6.48.